The highest BCUT2D eigenvalue weighted by atomic mass is 16.5. The third-order valence-corrected chi connectivity index (χ3v) is 7.00. The number of allylic oxidation sites excluding steroid dienone is 1. The van der Waals surface area contributed by atoms with Crippen molar-refractivity contribution in [1.29, 1.82) is 0 Å². The van der Waals surface area contributed by atoms with Crippen molar-refractivity contribution in [1.82, 2.24) is 0 Å². The number of benzene rings is 3. The van der Waals surface area contributed by atoms with Crippen LogP contribution in [-0.4, -0.2) is 6.23 Å². The molecule has 0 unspecified atom stereocenters. The van der Waals surface area contributed by atoms with E-state index < -0.39 is 0 Å². The van der Waals surface area contributed by atoms with E-state index in [1.165, 1.54) is 22.4 Å². The Morgan fingerprint density at radius 1 is 0.828 bits per heavy atom. The lowest BCUT2D eigenvalue weighted by Crippen LogP contribution is -2.45. The predicted octanol–water partition coefficient (Wildman–Crippen LogP) is 6.39. The summed E-state index contributed by atoms with van der Waals surface area (Å²) in [5.41, 5.74) is 4.89. The van der Waals surface area contributed by atoms with Gasteiger partial charge in [0.05, 0.1) is 5.41 Å². The molecule has 2 aliphatic heterocycles. The molecule has 2 heterocycles. The Morgan fingerprint density at radius 3 is 2.17 bits per heavy atom. The fraction of sp³-hybridized carbons (Fsp3) is 0.259. The largest absolute Gasteiger partial charge is 0.473 e. The lowest BCUT2D eigenvalue weighted by Gasteiger charge is -2.36. The van der Waals surface area contributed by atoms with Crippen molar-refractivity contribution >= 4 is 11.8 Å². The highest BCUT2D eigenvalue weighted by Gasteiger charge is 2.64. The molecule has 146 valence electrons. The van der Waals surface area contributed by atoms with Crippen LogP contribution in [0, 0.1) is 5.41 Å². The minimum Gasteiger partial charge on any atom is -0.473 e. The van der Waals surface area contributed by atoms with Gasteiger partial charge in [0.25, 0.3) is 0 Å². The summed E-state index contributed by atoms with van der Waals surface area (Å²) in [6.07, 6.45) is 2.19. The first-order valence-electron chi connectivity index (χ1n) is 10.4. The number of anilines is 1. The molecule has 2 heteroatoms. The highest BCUT2D eigenvalue weighted by molar-refractivity contribution is 5.68. The van der Waals surface area contributed by atoms with Crippen LogP contribution in [0.15, 0.2) is 90.7 Å². The topological polar surface area (TPSA) is 12.5 Å². The molecule has 0 bridgehead atoms. The minimum atomic E-state index is -0.130. The van der Waals surface area contributed by atoms with Crippen molar-refractivity contribution in [3.8, 4) is 0 Å². The Bertz CT molecular complexity index is 1050. The van der Waals surface area contributed by atoms with Crippen LogP contribution < -0.4 is 4.90 Å². The molecular weight excluding hydrogens is 354 g/mol. The Labute approximate surface area is 173 Å². The maximum Gasteiger partial charge on any atom is 0.182 e. The van der Waals surface area contributed by atoms with Gasteiger partial charge in [0.1, 0.15) is 5.76 Å². The van der Waals surface area contributed by atoms with Crippen molar-refractivity contribution in [3.05, 3.63) is 107 Å². The number of rotatable bonds is 3. The first-order valence-corrected chi connectivity index (χ1v) is 10.4. The van der Waals surface area contributed by atoms with E-state index in [2.05, 4.69) is 117 Å². The average molecular weight is 382 g/mol. The standard InChI is InChI=1S/C27H27NO/c1-26(2)24(18-20-12-6-4-7-13-20)29-25-27(26,3)22-16-10-11-17-23(22)28(25)19-21-14-8-5-9-15-21/h4-18,25H,19H2,1-3H3/b24-18-/t25-,27-/m0/s1. The van der Waals surface area contributed by atoms with Crippen LogP contribution in [-0.2, 0) is 16.7 Å². The number of ether oxygens (including phenoxy) is 1. The van der Waals surface area contributed by atoms with Crippen LogP contribution in [0.3, 0.4) is 0 Å². The van der Waals surface area contributed by atoms with Crippen LogP contribution in [0.2, 0.25) is 0 Å². The summed E-state index contributed by atoms with van der Waals surface area (Å²) >= 11 is 0. The summed E-state index contributed by atoms with van der Waals surface area (Å²) in [6, 6.07) is 30.0. The van der Waals surface area contributed by atoms with Crippen LogP contribution in [0.4, 0.5) is 5.69 Å². The quantitative estimate of drug-likeness (QED) is 0.521. The van der Waals surface area contributed by atoms with Crippen molar-refractivity contribution < 1.29 is 4.74 Å². The first-order chi connectivity index (χ1) is 14.0. The fourth-order valence-electron chi connectivity index (χ4n) is 4.95. The Morgan fingerprint density at radius 2 is 1.45 bits per heavy atom. The Kier molecular flexibility index (Phi) is 4.06. The molecule has 0 N–H and O–H groups in total. The van der Waals surface area contributed by atoms with Crippen LogP contribution in [0.25, 0.3) is 6.08 Å². The summed E-state index contributed by atoms with van der Waals surface area (Å²) in [5.74, 6) is 1.06. The van der Waals surface area contributed by atoms with Crippen molar-refractivity contribution in [2.24, 2.45) is 5.41 Å². The monoisotopic (exact) mass is 381 g/mol. The second-order valence-electron chi connectivity index (χ2n) is 8.85. The zero-order chi connectivity index (χ0) is 20.1. The molecule has 0 spiro atoms. The molecule has 5 rings (SSSR count). The number of hydrogen-bond acceptors (Lipinski definition) is 2. The van der Waals surface area contributed by atoms with E-state index in [-0.39, 0.29) is 17.1 Å². The van der Waals surface area contributed by atoms with Crippen molar-refractivity contribution in [2.75, 3.05) is 4.90 Å². The van der Waals surface area contributed by atoms with Gasteiger partial charge in [-0.1, -0.05) is 92.7 Å². The van der Waals surface area contributed by atoms with E-state index in [9.17, 15) is 0 Å². The number of nitrogens with zero attached hydrogens (tertiary/aromatic N) is 1. The lowest BCUT2D eigenvalue weighted by molar-refractivity contribution is 0.122. The molecule has 2 nitrogen and oxygen atoms in total. The van der Waals surface area contributed by atoms with E-state index in [1.807, 2.05) is 0 Å². The number of hydrogen-bond donors (Lipinski definition) is 0. The maximum atomic E-state index is 6.76. The molecule has 1 saturated heterocycles. The summed E-state index contributed by atoms with van der Waals surface area (Å²) in [7, 11) is 0. The van der Waals surface area contributed by atoms with Gasteiger partial charge in [-0.25, -0.2) is 0 Å². The van der Waals surface area contributed by atoms with Gasteiger partial charge in [-0.15, -0.1) is 0 Å². The van der Waals surface area contributed by atoms with Gasteiger partial charge in [0, 0.05) is 17.6 Å². The molecule has 0 saturated carbocycles. The first kappa shape index (κ1) is 18.1. The molecule has 3 aromatic rings. The van der Waals surface area contributed by atoms with E-state index in [0.717, 1.165) is 12.3 Å². The smallest absolute Gasteiger partial charge is 0.182 e. The summed E-state index contributed by atoms with van der Waals surface area (Å²) < 4.78 is 6.76. The predicted molar refractivity (Wildman–Crippen MR) is 119 cm³/mol. The molecule has 0 aliphatic carbocycles. The van der Waals surface area contributed by atoms with Gasteiger partial charge in [0.15, 0.2) is 6.23 Å². The van der Waals surface area contributed by atoms with Gasteiger partial charge in [-0.3, -0.25) is 0 Å². The van der Waals surface area contributed by atoms with Gasteiger partial charge >= 0.3 is 0 Å². The minimum absolute atomic E-state index is 0.0231. The van der Waals surface area contributed by atoms with Gasteiger partial charge in [-0.2, -0.15) is 0 Å². The average Bonchev–Trinajstić information content (AvgIpc) is 3.10. The summed E-state index contributed by atoms with van der Waals surface area (Å²) in [5, 5.41) is 0. The zero-order valence-electron chi connectivity index (χ0n) is 17.3. The van der Waals surface area contributed by atoms with Crippen LogP contribution >= 0.6 is 0 Å². The highest BCUT2D eigenvalue weighted by Crippen LogP contribution is 2.63. The number of fused-ring (bicyclic) bond motifs is 3. The molecule has 1 fully saturated rings. The third kappa shape index (κ3) is 2.62. The van der Waals surface area contributed by atoms with Crippen molar-refractivity contribution in [2.45, 2.75) is 39.0 Å². The number of para-hydroxylation sites is 1. The van der Waals surface area contributed by atoms with Gasteiger partial charge in [-0.05, 0) is 35.8 Å². The van der Waals surface area contributed by atoms with Gasteiger partial charge in [0.2, 0.25) is 0 Å². The molecule has 0 aromatic heterocycles. The Balaban J connectivity index is 1.62. The van der Waals surface area contributed by atoms with E-state index in [4.69, 9.17) is 4.74 Å². The van der Waals surface area contributed by atoms with E-state index in [1.54, 1.807) is 0 Å². The molecule has 2 aliphatic rings. The normalized spacial score (nSPS) is 25.6. The van der Waals surface area contributed by atoms with Crippen molar-refractivity contribution in [3.63, 3.8) is 0 Å². The van der Waals surface area contributed by atoms with Crippen LogP contribution in [0.5, 0.6) is 0 Å². The second-order valence-corrected chi connectivity index (χ2v) is 8.85. The SMILES string of the molecule is CC1(C)/C(=C/c2ccccc2)O[C@@H]2N(Cc3ccccc3)c3ccccc3[C@@]21C. The summed E-state index contributed by atoms with van der Waals surface area (Å²) in [4.78, 5) is 2.44. The summed E-state index contributed by atoms with van der Waals surface area (Å²) in [6.45, 7) is 7.86. The Hall–Kier alpha value is -3.00. The third-order valence-electron chi connectivity index (χ3n) is 7.00. The molecule has 0 radical (unpaired) electrons. The molecule has 0 amide bonds. The fourth-order valence-corrected chi connectivity index (χ4v) is 4.95. The van der Waals surface area contributed by atoms with E-state index in [0.29, 0.717) is 0 Å². The lowest BCUT2D eigenvalue weighted by atomic mass is 9.63. The molecule has 2 atom stereocenters. The molecule has 3 aromatic carbocycles. The zero-order valence-corrected chi connectivity index (χ0v) is 17.3. The maximum absolute atomic E-state index is 6.76. The molecule has 29 heavy (non-hydrogen) atoms. The van der Waals surface area contributed by atoms with Crippen LogP contribution in [0.1, 0.15) is 37.5 Å². The van der Waals surface area contributed by atoms with Gasteiger partial charge < -0.3 is 9.64 Å². The molecular formula is C27H27NO. The van der Waals surface area contributed by atoms with E-state index >= 15 is 0 Å². The second kappa shape index (κ2) is 6.52.